The Labute approximate surface area is 176 Å². The van der Waals surface area contributed by atoms with Crippen LogP contribution >= 0.6 is 0 Å². The fraction of sp³-hybridized carbons (Fsp3) is 0.560. The molecule has 0 aromatic rings. The maximum Gasteiger partial charge on any atom is 0.227 e. The zero-order valence-corrected chi connectivity index (χ0v) is 18.1. The van der Waals surface area contributed by atoms with Gasteiger partial charge in [-0.05, 0) is 30.3 Å². The van der Waals surface area contributed by atoms with Crippen LogP contribution in [0.4, 0.5) is 0 Å². The lowest BCUT2D eigenvalue weighted by molar-refractivity contribution is -0.140. The van der Waals surface area contributed by atoms with Crippen molar-refractivity contribution < 1.29 is 9.53 Å². The summed E-state index contributed by atoms with van der Waals surface area (Å²) in [6, 6.07) is 0. The molecule has 0 spiro atoms. The van der Waals surface area contributed by atoms with E-state index in [2.05, 4.69) is 62.3 Å². The number of ether oxygens (including phenoxy) is 1. The second kappa shape index (κ2) is 10.1. The van der Waals surface area contributed by atoms with E-state index in [1.54, 1.807) is 0 Å². The Balaban J connectivity index is 1.90. The van der Waals surface area contributed by atoms with Gasteiger partial charge in [0.25, 0.3) is 0 Å². The van der Waals surface area contributed by atoms with Gasteiger partial charge >= 0.3 is 0 Å². The number of rotatable bonds is 5. The third-order valence-electron chi connectivity index (χ3n) is 6.37. The molecular weight excluding hydrogens is 360 g/mol. The Morgan fingerprint density at radius 3 is 2.55 bits per heavy atom. The Bertz CT molecular complexity index is 698. The van der Waals surface area contributed by atoms with Gasteiger partial charge in [0, 0.05) is 37.8 Å². The molecule has 3 rings (SSSR count). The predicted molar refractivity (Wildman–Crippen MR) is 119 cm³/mol. The van der Waals surface area contributed by atoms with Crippen molar-refractivity contribution in [3.63, 3.8) is 0 Å². The standard InChI is InChI=1S/C25H36N2O2/c1-5-20-16-22(25(28)26-12-14-29-15-13-26)18-27(17-21(20)6-2)24-11-9-7-8-10-23(24)19(3)4/h5-8,10-11,19-22H,1-2,9,12-18H2,3-4H3. The largest absolute Gasteiger partial charge is 0.378 e. The van der Waals surface area contributed by atoms with Gasteiger partial charge in [-0.1, -0.05) is 50.3 Å². The number of carbonyl (C=O) groups excluding carboxylic acids is 1. The van der Waals surface area contributed by atoms with Gasteiger partial charge in [-0.15, -0.1) is 13.2 Å². The number of likely N-dealkylation sites (tertiary alicyclic amines) is 1. The van der Waals surface area contributed by atoms with Crippen LogP contribution < -0.4 is 0 Å². The average molecular weight is 397 g/mol. The summed E-state index contributed by atoms with van der Waals surface area (Å²) in [5, 5.41) is 0. The Morgan fingerprint density at radius 1 is 1.17 bits per heavy atom. The number of hydrogen-bond donors (Lipinski definition) is 0. The van der Waals surface area contributed by atoms with Crippen molar-refractivity contribution >= 4 is 5.91 Å². The molecule has 2 saturated heterocycles. The molecule has 2 aliphatic heterocycles. The van der Waals surface area contributed by atoms with E-state index < -0.39 is 0 Å². The van der Waals surface area contributed by atoms with Gasteiger partial charge in [-0.3, -0.25) is 4.79 Å². The first-order chi connectivity index (χ1) is 14.0. The number of nitrogens with zero attached hydrogens (tertiary/aromatic N) is 2. The van der Waals surface area contributed by atoms with Gasteiger partial charge in [-0.25, -0.2) is 0 Å². The predicted octanol–water partition coefficient (Wildman–Crippen LogP) is 4.20. The minimum Gasteiger partial charge on any atom is -0.378 e. The van der Waals surface area contributed by atoms with Gasteiger partial charge in [0.05, 0.1) is 19.1 Å². The van der Waals surface area contributed by atoms with Gasteiger partial charge in [0.1, 0.15) is 0 Å². The molecular formula is C25H36N2O2. The highest BCUT2D eigenvalue weighted by molar-refractivity contribution is 5.79. The molecule has 4 heteroatoms. The molecule has 0 saturated carbocycles. The van der Waals surface area contributed by atoms with Crippen LogP contribution in [-0.4, -0.2) is 55.1 Å². The van der Waals surface area contributed by atoms with Gasteiger partial charge in [0.15, 0.2) is 0 Å². The van der Waals surface area contributed by atoms with Crippen LogP contribution in [0.25, 0.3) is 0 Å². The monoisotopic (exact) mass is 396 g/mol. The fourth-order valence-corrected chi connectivity index (χ4v) is 4.68. The van der Waals surface area contributed by atoms with Gasteiger partial charge in [0.2, 0.25) is 5.91 Å². The molecule has 2 heterocycles. The highest BCUT2D eigenvalue weighted by Crippen LogP contribution is 2.35. The molecule has 4 nitrogen and oxygen atoms in total. The van der Waals surface area contributed by atoms with Crippen LogP contribution in [0.2, 0.25) is 0 Å². The third-order valence-corrected chi connectivity index (χ3v) is 6.37. The third kappa shape index (κ3) is 5.11. The van der Waals surface area contributed by atoms with Crippen LogP contribution in [0.5, 0.6) is 0 Å². The second-order valence-electron chi connectivity index (χ2n) is 8.60. The molecule has 0 N–H and O–H groups in total. The normalized spacial score (nSPS) is 28.3. The van der Waals surface area contributed by atoms with Crippen LogP contribution in [-0.2, 0) is 9.53 Å². The summed E-state index contributed by atoms with van der Waals surface area (Å²) in [4.78, 5) is 17.8. The van der Waals surface area contributed by atoms with E-state index in [4.69, 9.17) is 4.74 Å². The molecule has 3 aliphatic rings. The molecule has 3 atom stereocenters. The number of carbonyl (C=O) groups is 1. The number of amides is 1. The molecule has 1 amide bonds. The molecule has 0 radical (unpaired) electrons. The van der Waals surface area contributed by atoms with Crippen molar-refractivity contribution in [1.82, 2.24) is 9.80 Å². The van der Waals surface area contributed by atoms with Crippen molar-refractivity contribution in [1.29, 1.82) is 0 Å². The van der Waals surface area contributed by atoms with E-state index in [1.165, 1.54) is 11.3 Å². The van der Waals surface area contributed by atoms with Crippen LogP contribution in [0.1, 0.15) is 26.7 Å². The first kappa shape index (κ1) is 21.6. The number of hydrogen-bond acceptors (Lipinski definition) is 3. The SMILES string of the molecule is C=CC1CC(C(=O)N2CCOCC2)CN(C2=CCC=CC=C2C(C)C)CC1C=C. The minimum absolute atomic E-state index is 0.0356. The highest BCUT2D eigenvalue weighted by Gasteiger charge is 2.36. The second-order valence-corrected chi connectivity index (χ2v) is 8.60. The maximum atomic E-state index is 13.4. The zero-order chi connectivity index (χ0) is 20.8. The van der Waals surface area contributed by atoms with Crippen molar-refractivity contribution in [2.75, 3.05) is 39.4 Å². The molecule has 29 heavy (non-hydrogen) atoms. The molecule has 0 aromatic carbocycles. The highest BCUT2D eigenvalue weighted by atomic mass is 16.5. The van der Waals surface area contributed by atoms with Gasteiger partial charge in [-0.2, -0.15) is 0 Å². The molecule has 158 valence electrons. The van der Waals surface area contributed by atoms with E-state index in [9.17, 15) is 4.79 Å². The van der Waals surface area contributed by atoms with Gasteiger partial charge < -0.3 is 14.5 Å². The Morgan fingerprint density at radius 2 is 1.90 bits per heavy atom. The lowest BCUT2D eigenvalue weighted by Crippen LogP contribution is -2.46. The van der Waals surface area contributed by atoms with Crippen molar-refractivity contribution in [2.45, 2.75) is 26.7 Å². The molecule has 1 aliphatic carbocycles. The molecule has 0 bridgehead atoms. The summed E-state index contributed by atoms with van der Waals surface area (Å²) < 4.78 is 5.45. The first-order valence-electron chi connectivity index (χ1n) is 11.0. The summed E-state index contributed by atoms with van der Waals surface area (Å²) >= 11 is 0. The van der Waals surface area contributed by atoms with E-state index >= 15 is 0 Å². The summed E-state index contributed by atoms with van der Waals surface area (Å²) in [6.07, 6.45) is 14.7. The Kier molecular flexibility index (Phi) is 7.54. The zero-order valence-electron chi connectivity index (χ0n) is 18.1. The smallest absolute Gasteiger partial charge is 0.227 e. The van der Waals surface area contributed by atoms with E-state index in [-0.39, 0.29) is 17.7 Å². The number of morpholine rings is 1. The average Bonchev–Trinajstić information content (AvgIpc) is 3.10. The maximum absolute atomic E-state index is 13.4. The van der Waals surface area contributed by atoms with Crippen LogP contribution in [0, 0.1) is 23.7 Å². The van der Waals surface area contributed by atoms with Crippen molar-refractivity contribution in [3.05, 3.63) is 60.9 Å². The topological polar surface area (TPSA) is 32.8 Å². The van der Waals surface area contributed by atoms with E-state index in [1.807, 2.05) is 11.0 Å². The van der Waals surface area contributed by atoms with Crippen LogP contribution in [0.15, 0.2) is 60.9 Å². The van der Waals surface area contributed by atoms with Crippen molar-refractivity contribution in [2.24, 2.45) is 23.7 Å². The molecule has 3 unspecified atom stereocenters. The Hall–Kier alpha value is -2.07. The molecule has 2 fully saturated rings. The summed E-state index contributed by atoms with van der Waals surface area (Å²) in [5.74, 6) is 1.21. The summed E-state index contributed by atoms with van der Waals surface area (Å²) in [5.41, 5.74) is 2.62. The number of allylic oxidation sites excluding steroid dienone is 6. The molecule has 0 aromatic heterocycles. The van der Waals surface area contributed by atoms with Crippen LogP contribution in [0.3, 0.4) is 0 Å². The van der Waals surface area contributed by atoms with E-state index in [0.29, 0.717) is 38.1 Å². The van der Waals surface area contributed by atoms with Crippen molar-refractivity contribution in [3.8, 4) is 0 Å². The first-order valence-corrected chi connectivity index (χ1v) is 11.0. The lowest BCUT2D eigenvalue weighted by atomic mass is 9.85. The van der Waals surface area contributed by atoms with E-state index in [0.717, 1.165) is 25.9 Å². The summed E-state index contributed by atoms with van der Waals surface area (Å²) in [7, 11) is 0. The summed E-state index contributed by atoms with van der Waals surface area (Å²) in [6.45, 7) is 17.0. The quantitative estimate of drug-likeness (QED) is 0.653. The minimum atomic E-state index is -0.0356. The fourth-order valence-electron chi connectivity index (χ4n) is 4.68. The lowest BCUT2D eigenvalue weighted by Gasteiger charge is -2.34.